The average molecular weight is 375 g/mol. The van der Waals surface area contributed by atoms with Gasteiger partial charge in [-0.05, 0) is 36.6 Å². The van der Waals surface area contributed by atoms with E-state index in [9.17, 15) is 9.90 Å². The van der Waals surface area contributed by atoms with Crippen LogP contribution in [0.25, 0.3) is 0 Å². The SMILES string of the molecule is CC[C@@H]1[C@@H](COc2cccc(OC(=O)c3ccccc3)c2)[C@H](O)C[C@H]1Cl. The van der Waals surface area contributed by atoms with E-state index in [1.54, 1.807) is 48.5 Å². The molecule has 0 heterocycles. The fourth-order valence-corrected chi connectivity index (χ4v) is 4.03. The number of aliphatic hydroxyl groups is 1. The first-order valence-corrected chi connectivity index (χ1v) is 9.34. The number of benzene rings is 2. The Hall–Kier alpha value is -2.04. The van der Waals surface area contributed by atoms with Crippen LogP contribution in [0.1, 0.15) is 30.1 Å². The average Bonchev–Trinajstić information content (AvgIpc) is 2.93. The molecule has 1 aliphatic rings. The number of carbonyl (C=O) groups excluding carboxylic acids is 1. The van der Waals surface area contributed by atoms with E-state index in [1.165, 1.54) is 0 Å². The largest absolute Gasteiger partial charge is 0.493 e. The highest BCUT2D eigenvalue weighted by Gasteiger charge is 2.40. The van der Waals surface area contributed by atoms with Crippen LogP contribution >= 0.6 is 11.6 Å². The minimum atomic E-state index is -0.443. The predicted molar refractivity (Wildman–Crippen MR) is 101 cm³/mol. The highest BCUT2D eigenvalue weighted by Crippen LogP contribution is 2.38. The molecular weight excluding hydrogens is 352 g/mol. The Bertz CT molecular complexity index is 734. The van der Waals surface area contributed by atoms with Crippen molar-refractivity contribution in [1.82, 2.24) is 0 Å². The van der Waals surface area contributed by atoms with Gasteiger partial charge in [0.1, 0.15) is 11.5 Å². The quantitative estimate of drug-likeness (QED) is 0.465. The standard InChI is InChI=1S/C21H23ClO4/c1-2-17-18(20(23)12-19(17)22)13-25-15-9-6-10-16(11-15)26-21(24)14-7-4-3-5-8-14/h3-11,17-20,23H,2,12-13H2,1H3/t17-,18-,19-,20-/m1/s1. The minimum Gasteiger partial charge on any atom is -0.493 e. The van der Waals surface area contributed by atoms with E-state index in [4.69, 9.17) is 21.1 Å². The van der Waals surface area contributed by atoms with Crippen LogP contribution in [0.15, 0.2) is 54.6 Å². The van der Waals surface area contributed by atoms with Crippen LogP contribution < -0.4 is 9.47 Å². The molecule has 0 radical (unpaired) electrons. The summed E-state index contributed by atoms with van der Waals surface area (Å²) in [7, 11) is 0. The number of carbonyl (C=O) groups is 1. The number of esters is 1. The molecule has 1 saturated carbocycles. The van der Waals surface area contributed by atoms with Crippen LogP contribution in [0.5, 0.6) is 11.5 Å². The smallest absolute Gasteiger partial charge is 0.343 e. The van der Waals surface area contributed by atoms with Gasteiger partial charge in [0.05, 0.1) is 18.3 Å². The van der Waals surface area contributed by atoms with Crippen LogP contribution in [0, 0.1) is 11.8 Å². The maximum absolute atomic E-state index is 12.1. The third kappa shape index (κ3) is 4.37. The monoisotopic (exact) mass is 374 g/mol. The number of aliphatic hydroxyl groups excluding tert-OH is 1. The molecule has 3 rings (SSSR count). The summed E-state index contributed by atoms with van der Waals surface area (Å²) >= 11 is 6.32. The molecule has 4 nitrogen and oxygen atoms in total. The van der Waals surface area contributed by atoms with Gasteiger partial charge in [0.2, 0.25) is 0 Å². The number of halogens is 1. The lowest BCUT2D eigenvalue weighted by molar-refractivity contribution is 0.0732. The van der Waals surface area contributed by atoms with Crippen LogP contribution in [0.3, 0.4) is 0 Å². The molecule has 1 aliphatic carbocycles. The second-order valence-electron chi connectivity index (χ2n) is 6.60. The first kappa shape index (κ1) is 18.7. The second kappa shape index (κ2) is 8.56. The van der Waals surface area contributed by atoms with Gasteiger partial charge in [-0.25, -0.2) is 4.79 Å². The molecule has 138 valence electrons. The molecule has 0 amide bonds. The fourth-order valence-electron chi connectivity index (χ4n) is 3.49. The van der Waals surface area contributed by atoms with E-state index in [2.05, 4.69) is 6.92 Å². The third-order valence-electron chi connectivity index (χ3n) is 4.91. The van der Waals surface area contributed by atoms with Crippen LogP contribution in [0.2, 0.25) is 0 Å². The number of ether oxygens (including phenoxy) is 2. The zero-order chi connectivity index (χ0) is 18.5. The summed E-state index contributed by atoms with van der Waals surface area (Å²) in [6, 6.07) is 15.8. The van der Waals surface area contributed by atoms with Gasteiger partial charge in [-0.15, -0.1) is 11.6 Å². The van der Waals surface area contributed by atoms with E-state index >= 15 is 0 Å². The van der Waals surface area contributed by atoms with E-state index in [0.29, 0.717) is 30.1 Å². The van der Waals surface area contributed by atoms with Crippen molar-refractivity contribution in [3.63, 3.8) is 0 Å². The van der Waals surface area contributed by atoms with Gasteiger partial charge in [-0.1, -0.05) is 37.6 Å². The first-order chi connectivity index (χ1) is 12.6. The van der Waals surface area contributed by atoms with Gasteiger partial charge in [-0.2, -0.15) is 0 Å². The Balaban J connectivity index is 1.62. The van der Waals surface area contributed by atoms with Crippen molar-refractivity contribution in [2.24, 2.45) is 11.8 Å². The molecule has 26 heavy (non-hydrogen) atoms. The topological polar surface area (TPSA) is 55.8 Å². The predicted octanol–water partition coefficient (Wildman–Crippen LogP) is 4.30. The van der Waals surface area contributed by atoms with Crippen molar-refractivity contribution in [3.8, 4) is 11.5 Å². The van der Waals surface area contributed by atoms with Gasteiger partial charge in [0.15, 0.2) is 0 Å². The molecule has 4 atom stereocenters. The number of alkyl halides is 1. The van der Waals surface area contributed by atoms with Crippen LogP contribution in [-0.2, 0) is 0 Å². The second-order valence-corrected chi connectivity index (χ2v) is 7.16. The lowest BCUT2D eigenvalue weighted by Gasteiger charge is -2.22. The maximum atomic E-state index is 12.1. The van der Waals surface area contributed by atoms with Crippen molar-refractivity contribution >= 4 is 17.6 Å². The van der Waals surface area contributed by atoms with Crippen molar-refractivity contribution < 1.29 is 19.4 Å². The molecule has 1 N–H and O–H groups in total. The summed E-state index contributed by atoms with van der Waals surface area (Å²) in [6.07, 6.45) is 1.07. The van der Waals surface area contributed by atoms with E-state index < -0.39 is 12.1 Å². The number of hydrogen-bond acceptors (Lipinski definition) is 4. The summed E-state index contributed by atoms with van der Waals surface area (Å²) in [5, 5.41) is 10.2. The van der Waals surface area contributed by atoms with Crippen molar-refractivity contribution in [3.05, 3.63) is 60.2 Å². The highest BCUT2D eigenvalue weighted by atomic mass is 35.5. The molecule has 2 aromatic rings. The first-order valence-electron chi connectivity index (χ1n) is 8.90. The molecule has 0 aromatic heterocycles. The van der Waals surface area contributed by atoms with Gasteiger partial charge in [-0.3, -0.25) is 0 Å². The molecule has 0 aliphatic heterocycles. The Morgan fingerprint density at radius 3 is 2.58 bits per heavy atom. The Kier molecular flexibility index (Phi) is 6.17. The molecule has 0 unspecified atom stereocenters. The van der Waals surface area contributed by atoms with Crippen LogP contribution in [0.4, 0.5) is 0 Å². The number of hydrogen-bond donors (Lipinski definition) is 1. The van der Waals surface area contributed by atoms with E-state index in [-0.39, 0.29) is 17.2 Å². The van der Waals surface area contributed by atoms with Gasteiger partial charge in [0, 0.05) is 17.4 Å². The molecule has 2 aromatic carbocycles. The molecule has 5 heteroatoms. The summed E-state index contributed by atoms with van der Waals surface area (Å²) in [4.78, 5) is 12.1. The molecule has 0 spiro atoms. The minimum absolute atomic E-state index is 0.0121. The van der Waals surface area contributed by atoms with Crippen molar-refractivity contribution in [1.29, 1.82) is 0 Å². The Morgan fingerprint density at radius 1 is 1.12 bits per heavy atom. The molecule has 0 saturated heterocycles. The summed E-state index contributed by atoms with van der Waals surface area (Å²) in [6.45, 7) is 2.47. The normalized spacial score (nSPS) is 25.0. The lowest BCUT2D eigenvalue weighted by Crippen LogP contribution is -2.26. The fraction of sp³-hybridized carbons (Fsp3) is 0.381. The van der Waals surface area contributed by atoms with E-state index in [1.807, 2.05) is 6.07 Å². The van der Waals surface area contributed by atoms with Crippen molar-refractivity contribution in [2.45, 2.75) is 31.2 Å². The van der Waals surface area contributed by atoms with Crippen molar-refractivity contribution in [2.75, 3.05) is 6.61 Å². The van der Waals surface area contributed by atoms with Gasteiger partial charge < -0.3 is 14.6 Å². The summed E-state index contributed by atoms with van der Waals surface area (Å²) in [5.74, 6) is 0.864. The Labute approximate surface area is 158 Å². The van der Waals surface area contributed by atoms with Crippen LogP contribution in [-0.4, -0.2) is 29.2 Å². The molecule has 0 bridgehead atoms. The van der Waals surface area contributed by atoms with Gasteiger partial charge in [0.25, 0.3) is 0 Å². The molecular formula is C21H23ClO4. The molecule has 1 fully saturated rings. The number of rotatable bonds is 6. The maximum Gasteiger partial charge on any atom is 0.343 e. The zero-order valence-corrected chi connectivity index (χ0v) is 15.4. The van der Waals surface area contributed by atoms with Gasteiger partial charge >= 0.3 is 5.97 Å². The lowest BCUT2D eigenvalue weighted by atomic mass is 9.93. The zero-order valence-electron chi connectivity index (χ0n) is 14.7. The summed E-state index contributed by atoms with van der Waals surface area (Å²) in [5.41, 5.74) is 0.492. The Morgan fingerprint density at radius 2 is 1.85 bits per heavy atom. The highest BCUT2D eigenvalue weighted by molar-refractivity contribution is 6.21. The third-order valence-corrected chi connectivity index (χ3v) is 5.42. The van der Waals surface area contributed by atoms with E-state index in [0.717, 1.165) is 6.42 Å². The summed E-state index contributed by atoms with van der Waals surface area (Å²) < 4.78 is 11.3.